The van der Waals surface area contributed by atoms with E-state index in [1.807, 2.05) is 60.7 Å². The first kappa shape index (κ1) is 15.5. The van der Waals surface area contributed by atoms with E-state index in [1.165, 1.54) is 0 Å². The number of benzene rings is 3. The van der Waals surface area contributed by atoms with Gasteiger partial charge in [0.2, 0.25) is 0 Å². The first-order valence-electron chi connectivity index (χ1n) is 7.76. The lowest BCUT2D eigenvalue weighted by atomic mass is 9.96. The molecule has 122 valence electrons. The van der Waals surface area contributed by atoms with Crippen LogP contribution in [0.2, 0.25) is 5.02 Å². The largest absolute Gasteiger partial charge is 0.478 e. The summed E-state index contributed by atoms with van der Waals surface area (Å²) in [5.74, 6) is -0.445. The van der Waals surface area contributed by atoms with Crippen LogP contribution in [-0.2, 0) is 0 Å². The van der Waals surface area contributed by atoms with Crippen LogP contribution < -0.4 is 0 Å². The zero-order chi connectivity index (χ0) is 17.4. The summed E-state index contributed by atoms with van der Waals surface area (Å²) in [7, 11) is 0. The van der Waals surface area contributed by atoms with Crippen molar-refractivity contribution in [2.45, 2.75) is 0 Å². The van der Waals surface area contributed by atoms with Crippen LogP contribution in [0.4, 0.5) is 0 Å². The van der Waals surface area contributed by atoms with E-state index >= 15 is 0 Å². The Labute approximate surface area is 149 Å². The predicted molar refractivity (Wildman–Crippen MR) is 99.1 cm³/mol. The smallest absolute Gasteiger partial charge is 0.337 e. The third-order valence-corrected chi connectivity index (χ3v) is 4.43. The average molecular weight is 349 g/mol. The molecule has 0 radical (unpaired) electrons. The van der Waals surface area contributed by atoms with Crippen LogP contribution in [0.3, 0.4) is 0 Å². The van der Waals surface area contributed by atoms with Gasteiger partial charge in [-0.1, -0.05) is 72.3 Å². The number of hydrogen-bond donors (Lipinski definition) is 1. The number of hydrogen-bond acceptors (Lipinski definition) is 2. The zero-order valence-corrected chi connectivity index (χ0v) is 13.8. The Balaban J connectivity index is 2.17. The molecule has 0 aliphatic carbocycles. The first-order valence-corrected chi connectivity index (χ1v) is 8.13. The second kappa shape index (κ2) is 6.11. The van der Waals surface area contributed by atoms with Crippen LogP contribution in [-0.4, -0.2) is 11.1 Å². The number of furan rings is 1. The van der Waals surface area contributed by atoms with E-state index in [2.05, 4.69) is 0 Å². The van der Waals surface area contributed by atoms with Gasteiger partial charge in [-0.25, -0.2) is 4.79 Å². The number of fused-ring (bicyclic) bond motifs is 1. The van der Waals surface area contributed by atoms with Gasteiger partial charge in [-0.05, 0) is 17.7 Å². The maximum atomic E-state index is 11.8. The van der Waals surface area contributed by atoms with E-state index in [-0.39, 0.29) is 10.6 Å². The van der Waals surface area contributed by atoms with Gasteiger partial charge in [0.25, 0.3) is 0 Å². The van der Waals surface area contributed by atoms with Gasteiger partial charge in [0.1, 0.15) is 11.3 Å². The summed E-state index contributed by atoms with van der Waals surface area (Å²) in [6, 6.07) is 22.5. The number of carboxylic acids is 1. The van der Waals surface area contributed by atoms with Crippen LogP contribution in [0.15, 0.2) is 77.2 Å². The quantitative estimate of drug-likeness (QED) is 0.485. The monoisotopic (exact) mass is 348 g/mol. The van der Waals surface area contributed by atoms with E-state index in [0.717, 1.165) is 16.7 Å². The molecule has 0 atom stereocenters. The van der Waals surface area contributed by atoms with Crippen molar-refractivity contribution in [3.8, 4) is 22.5 Å². The molecule has 0 aliphatic heterocycles. The molecule has 25 heavy (non-hydrogen) atoms. The summed E-state index contributed by atoms with van der Waals surface area (Å²) in [5, 5.41) is 10.4. The molecule has 1 N–H and O–H groups in total. The molecule has 0 unspecified atom stereocenters. The number of rotatable bonds is 3. The van der Waals surface area contributed by atoms with Crippen LogP contribution >= 0.6 is 11.6 Å². The highest BCUT2D eigenvalue weighted by molar-refractivity contribution is 6.35. The minimum absolute atomic E-state index is 0.0592. The highest BCUT2D eigenvalue weighted by Gasteiger charge is 2.24. The zero-order valence-electron chi connectivity index (χ0n) is 13.1. The summed E-state index contributed by atoms with van der Waals surface area (Å²) >= 11 is 6.19. The van der Waals surface area contributed by atoms with Crippen LogP contribution in [0.1, 0.15) is 10.4 Å². The molecule has 4 rings (SSSR count). The topological polar surface area (TPSA) is 50.4 Å². The average Bonchev–Trinajstić information content (AvgIpc) is 3.02. The van der Waals surface area contributed by atoms with Crippen molar-refractivity contribution in [3.05, 3.63) is 83.4 Å². The van der Waals surface area contributed by atoms with Crippen molar-refractivity contribution < 1.29 is 14.3 Å². The summed E-state index contributed by atoms with van der Waals surface area (Å²) in [4.78, 5) is 11.8. The molecule has 4 heteroatoms. The van der Waals surface area contributed by atoms with Gasteiger partial charge in [-0.15, -0.1) is 0 Å². The van der Waals surface area contributed by atoms with Gasteiger partial charge in [0.05, 0.1) is 10.6 Å². The van der Waals surface area contributed by atoms with Gasteiger partial charge < -0.3 is 9.52 Å². The molecule has 1 heterocycles. The maximum Gasteiger partial charge on any atom is 0.337 e. The Morgan fingerprint density at radius 1 is 0.840 bits per heavy atom. The SMILES string of the molecule is O=C(O)c1c(Cl)ccc2oc(-c3ccccc3)c(-c3ccccc3)c12. The van der Waals surface area contributed by atoms with Crippen LogP contribution in [0.25, 0.3) is 33.4 Å². The Kier molecular flexibility index (Phi) is 3.79. The van der Waals surface area contributed by atoms with Crippen molar-refractivity contribution >= 4 is 28.5 Å². The molecule has 3 aromatic carbocycles. The molecule has 0 bridgehead atoms. The molecule has 3 nitrogen and oxygen atoms in total. The number of carbonyl (C=O) groups is 1. The maximum absolute atomic E-state index is 11.8. The van der Waals surface area contributed by atoms with Crippen molar-refractivity contribution in [3.63, 3.8) is 0 Å². The van der Waals surface area contributed by atoms with E-state index < -0.39 is 5.97 Å². The molecule has 0 aliphatic rings. The van der Waals surface area contributed by atoms with Gasteiger partial charge in [0, 0.05) is 16.5 Å². The molecule has 4 aromatic rings. The fourth-order valence-corrected chi connectivity index (χ4v) is 3.29. The van der Waals surface area contributed by atoms with Crippen LogP contribution in [0.5, 0.6) is 0 Å². The Bertz CT molecular complexity index is 1070. The highest BCUT2D eigenvalue weighted by atomic mass is 35.5. The van der Waals surface area contributed by atoms with Crippen molar-refractivity contribution in [1.82, 2.24) is 0 Å². The van der Waals surface area contributed by atoms with E-state index in [1.54, 1.807) is 12.1 Å². The predicted octanol–water partition coefficient (Wildman–Crippen LogP) is 6.12. The van der Waals surface area contributed by atoms with Crippen molar-refractivity contribution in [2.75, 3.05) is 0 Å². The molecule has 1 aromatic heterocycles. The summed E-state index contributed by atoms with van der Waals surface area (Å²) in [6.07, 6.45) is 0. The van der Waals surface area contributed by atoms with Gasteiger partial charge in [0.15, 0.2) is 0 Å². The first-order chi connectivity index (χ1) is 12.2. The standard InChI is InChI=1S/C21H13ClO3/c22-15-11-12-16-19(18(15)21(23)24)17(13-7-3-1-4-8-13)20(25-16)14-9-5-2-6-10-14/h1-12H,(H,23,24). The Morgan fingerprint density at radius 2 is 1.44 bits per heavy atom. The van der Waals surface area contributed by atoms with Crippen molar-refractivity contribution in [1.29, 1.82) is 0 Å². The minimum atomic E-state index is -1.08. The Morgan fingerprint density at radius 3 is 2.04 bits per heavy atom. The highest BCUT2D eigenvalue weighted by Crippen LogP contribution is 2.43. The fourth-order valence-electron chi connectivity index (χ4n) is 3.05. The minimum Gasteiger partial charge on any atom is -0.478 e. The second-order valence-electron chi connectivity index (χ2n) is 5.64. The number of aromatic carboxylic acids is 1. The molecule has 0 saturated carbocycles. The Hall–Kier alpha value is -3.04. The lowest BCUT2D eigenvalue weighted by Gasteiger charge is -2.06. The summed E-state index contributed by atoms with van der Waals surface area (Å²) in [6.45, 7) is 0. The fraction of sp³-hybridized carbons (Fsp3) is 0. The van der Waals surface area contributed by atoms with E-state index in [0.29, 0.717) is 16.7 Å². The lowest BCUT2D eigenvalue weighted by molar-refractivity contribution is 0.0699. The number of carboxylic acid groups (broad SMARTS) is 1. The molecule has 0 amide bonds. The van der Waals surface area contributed by atoms with Crippen molar-refractivity contribution in [2.24, 2.45) is 0 Å². The van der Waals surface area contributed by atoms with E-state index in [9.17, 15) is 9.90 Å². The molecular formula is C21H13ClO3. The molecular weight excluding hydrogens is 336 g/mol. The molecule has 0 spiro atoms. The normalized spacial score (nSPS) is 10.9. The summed E-state index contributed by atoms with van der Waals surface area (Å²) < 4.78 is 6.06. The lowest BCUT2D eigenvalue weighted by Crippen LogP contribution is -1.98. The van der Waals surface area contributed by atoms with Crippen LogP contribution in [0, 0.1) is 0 Å². The number of halogens is 1. The van der Waals surface area contributed by atoms with E-state index in [4.69, 9.17) is 16.0 Å². The van der Waals surface area contributed by atoms with Gasteiger partial charge in [-0.2, -0.15) is 0 Å². The third-order valence-electron chi connectivity index (χ3n) is 4.12. The second-order valence-corrected chi connectivity index (χ2v) is 6.05. The molecule has 0 fully saturated rings. The summed E-state index contributed by atoms with van der Waals surface area (Å²) in [5.41, 5.74) is 3.06. The van der Waals surface area contributed by atoms with Gasteiger partial charge in [-0.3, -0.25) is 0 Å². The van der Waals surface area contributed by atoms with Gasteiger partial charge >= 0.3 is 5.97 Å². The molecule has 0 saturated heterocycles. The third kappa shape index (κ3) is 2.59.